The van der Waals surface area contributed by atoms with E-state index in [9.17, 15) is 0 Å². The van der Waals surface area contributed by atoms with Crippen molar-refractivity contribution in [2.75, 3.05) is 12.4 Å². The van der Waals surface area contributed by atoms with Crippen molar-refractivity contribution in [2.45, 2.75) is 26.2 Å². The van der Waals surface area contributed by atoms with E-state index in [1.807, 2.05) is 19.2 Å². The van der Waals surface area contributed by atoms with Gasteiger partial charge >= 0.3 is 0 Å². The lowest BCUT2D eigenvalue weighted by molar-refractivity contribution is 0.461. The fourth-order valence-electron chi connectivity index (χ4n) is 1.76. The van der Waals surface area contributed by atoms with Crippen LogP contribution in [0.15, 0.2) is 36.7 Å². The zero-order valence-electron chi connectivity index (χ0n) is 11.4. The summed E-state index contributed by atoms with van der Waals surface area (Å²) in [5.74, 6) is 2.08. The lowest BCUT2D eigenvalue weighted by Crippen LogP contribution is -1.95. The third kappa shape index (κ3) is 3.95. The Morgan fingerprint density at radius 2 is 1.95 bits per heavy atom. The number of benzene rings is 1. The summed E-state index contributed by atoms with van der Waals surface area (Å²) >= 11 is 0. The van der Waals surface area contributed by atoms with Crippen molar-refractivity contribution in [3.8, 4) is 11.6 Å². The maximum Gasteiger partial charge on any atom is 0.224 e. The van der Waals surface area contributed by atoms with Crippen molar-refractivity contribution < 1.29 is 4.74 Å². The molecule has 2 aromatic rings. The first-order valence-corrected chi connectivity index (χ1v) is 6.58. The molecule has 1 aromatic carbocycles. The third-order valence-corrected chi connectivity index (χ3v) is 2.86. The second-order valence-corrected chi connectivity index (χ2v) is 4.34. The van der Waals surface area contributed by atoms with E-state index in [0.717, 1.165) is 18.0 Å². The van der Waals surface area contributed by atoms with Crippen LogP contribution in [0.4, 0.5) is 5.82 Å². The maximum atomic E-state index is 5.69. The van der Waals surface area contributed by atoms with Crippen molar-refractivity contribution in [1.29, 1.82) is 0 Å². The summed E-state index contributed by atoms with van der Waals surface area (Å²) < 4.78 is 5.69. The molecule has 0 saturated heterocycles. The Kier molecular flexibility index (Phi) is 4.72. The first kappa shape index (κ1) is 13.3. The van der Waals surface area contributed by atoms with Gasteiger partial charge in [0.25, 0.3) is 0 Å². The molecule has 1 aromatic heterocycles. The standard InChI is InChI=1S/C15H19N3O/c1-3-4-5-12-6-8-13(9-7-12)19-15-10-14(16-2)17-11-18-15/h6-11H,3-5H2,1-2H3,(H,16,17,18). The van der Waals surface area contributed by atoms with Gasteiger partial charge in [0.1, 0.15) is 17.9 Å². The van der Waals surface area contributed by atoms with Crippen LogP contribution in [0.1, 0.15) is 25.3 Å². The van der Waals surface area contributed by atoms with E-state index < -0.39 is 0 Å². The molecule has 19 heavy (non-hydrogen) atoms. The van der Waals surface area contributed by atoms with Gasteiger partial charge in [-0.25, -0.2) is 9.97 Å². The summed E-state index contributed by atoms with van der Waals surface area (Å²) in [6, 6.07) is 9.93. The number of nitrogens with zero attached hydrogens (tertiary/aromatic N) is 2. The summed E-state index contributed by atoms with van der Waals surface area (Å²) in [4.78, 5) is 8.13. The molecule has 0 atom stereocenters. The van der Waals surface area contributed by atoms with E-state index in [1.54, 1.807) is 6.07 Å². The smallest absolute Gasteiger partial charge is 0.224 e. The third-order valence-electron chi connectivity index (χ3n) is 2.86. The highest BCUT2D eigenvalue weighted by atomic mass is 16.5. The number of aryl methyl sites for hydroxylation is 1. The normalized spacial score (nSPS) is 10.2. The minimum atomic E-state index is 0.542. The number of aromatic nitrogens is 2. The van der Waals surface area contributed by atoms with Crippen molar-refractivity contribution in [3.05, 3.63) is 42.2 Å². The molecule has 1 heterocycles. The monoisotopic (exact) mass is 257 g/mol. The fraction of sp³-hybridized carbons (Fsp3) is 0.333. The minimum absolute atomic E-state index is 0.542. The van der Waals surface area contributed by atoms with Crippen LogP contribution < -0.4 is 10.1 Å². The molecule has 0 aliphatic carbocycles. The Morgan fingerprint density at radius 1 is 1.16 bits per heavy atom. The SMILES string of the molecule is CCCCc1ccc(Oc2cc(NC)ncn2)cc1. The molecule has 0 radical (unpaired) electrons. The first-order valence-electron chi connectivity index (χ1n) is 6.58. The zero-order valence-corrected chi connectivity index (χ0v) is 11.4. The molecule has 0 aliphatic heterocycles. The lowest BCUT2D eigenvalue weighted by Gasteiger charge is -2.06. The van der Waals surface area contributed by atoms with Crippen LogP contribution in [-0.2, 0) is 6.42 Å². The van der Waals surface area contributed by atoms with Gasteiger partial charge < -0.3 is 10.1 Å². The molecule has 0 aliphatic rings. The van der Waals surface area contributed by atoms with Crippen LogP contribution in [0, 0.1) is 0 Å². The molecule has 4 nitrogen and oxygen atoms in total. The van der Waals surface area contributed by atoms with Crippen molar-refractivity contribution in [1.82, 2.24) is 9.97 Å². The van der Waals surface area contributed by atoms with Crippen LogP contribution in [0.5, 0.6) is 11.6 Å². The number of ether oxygens (including phenoxy) is 1. The van der Waals surface area contributed by atoms with E-state index in [-0.39, 0.29) is 0 Å². The number of nitrogens with one attached hydrogen (secondary N) is 1. The molecule has 0 saturated carbocycles. The summed E-state index contributed by atoms with van der Waals surface area (Å²) in [6.07, 6.45) is 5.04. The molecule has 0 spiro atoms. The summed E-state index contributed by atoms with van der Waals surface area (Å²) in [5.41, 5.74) is 1.34. The van der Waals surface area contributed by atoms with E-state index in [4.69, 9.17) is 4.74 Å². The summed E-state index contributed by atoms with van der Waals surface area (Å²) in [5, 5.41) is 2.95. The van der Waals surface area contributed by atoms with Crippen LogP contribution in [0.25, 0.3) is 0 Å². The molecule has 100 valence electrons. The predicted octanol–water partition coefficient (Wildman–Crippen LogP) is 3.65. The Bertz CT molecular complexity index is 511. The van der Waals surface area contributed by atoms with Crippen LogP contribution in [0.2, 0.25) is 0 Å². The van der Waals surface area contributed by atoms with Gasteiger partial charge in [-0.15, -0.1) is 0 Å². The summed E-state index contributed by atoms with van der Waals surface area (Å²) in [7, 11) is 1.81. The average molecular weight is 257 g/mol. The molecule has 2 rings (SSSR count). The average Bonchev–Trinajstić information content (AvgIpc) is 2.47. The molecule has 0 amide bonds. The molecular formula is C15H19N3O. The van der Waals surface area contributed by atoms with Gasteiger partial charge in [-0.3, -0.25) is 0 Å². The van der Waals surface area contributed by atoms with Gasteiger partial charge in [0.2, 0.25) is 5.88 Å². The van der Waals surface area contributed by atoms with Gasteiger partial charge in [-0.05, 0) is 30.5 Å². The highest BCUT2D eigenvalue weighted by Gasteiger charge is 2.01. The highest BCUT2D eigenvalue weighted by molar-refractivity contribution is 5.38. The maximum absolute atomic E-state index is 5.69. The van der Waals surface area contributed by atoms with Crippen LogP contribution in [-0.4, -0.2) is 17.0 Å². The summed E-state index contributed by atoms with van der Waals surface area (Å²) in [6.45, 7) is 2.20. The second kappa shape index (κ2) is 6.73. The lowest BCUT2D eigenvalue weighted by atomic mass is 10.1. The second-order valence-electron chi connectivity index (χ2n) is 4.34. The molecule has 0 unspecified atom stereocenters. The Balaban J connectivity index is 2.02. The first-order chi connectivity index (χ1) is 9.31. The van der Waals surface area contributed by atoms with Gasteiger partial charge in [-0.2, -0.15) is 0 Å². The van der Waals surface area contributed by atoms with Crippen molar-refractivity contribution in [3.63, 3.8) is 0 Å². The number of anilines is 1. The number of unbranched alkanes of at least 4 members (excludes halogenated alkanes) is 1. The highest BCUT2D eigenvalue weighted by Crippen LogP contribution is 2.21. The zero-order chi connectivity index (χ0) is 13.5. The van der Waals surface area contributed by atoms with Gasteiger partial charge in [0, 0.05) is 13.1 Å². The largest absolute Gasteiger partial charge is 0.439 e. The Morgan fingerprint density at radius 3 is 2.63 bits per heavy atom. The predicted molar refractivity (Wildman–Crippen MR) is 76.7 cm³/mol. The topological polar surface area (TPSA) is 47.0 Å². The van der Waals surface area contributed by atoms with E-state index in [1.165, 1.54) is 24.7 Å². The quantitative estimate of drug-likeness (QED) is 0.858. The number of hydrogen-bond donors (Lipinski definition) is 1. The molecule has 0 bridgehead atoms. The molecular weight excluding hydrogens is 238 g/mol. The van der Waals surface area contributed by atoms with Gasteiger partial charge in [0.15, 0.2) is 0 Å². The fourth-order valence-corrected chi connectivity index (χ4v) is 1.76. The van der Waals surface area contributed by atoms with Crippen LogP contribution >= 0.6 is 0 Å². The Hall–Kier alpha value is -2.10. The van der Waals surface area contributed by atoms with E-state index >= 15 is 0 Å². The number of rotatable bonds is 6. The van der Waals surface area contributed by atoms with E-state index in [0.29, 0.717) is 5.88 Å². The Labute approximate surface area is 113 Å². The number of hydrogen-bond acceptors (Lipinski definition) is 4. The van der Waals surface area contributed by atoms with Gasteiger partial charge in [0.05, 0.1) is 0 Å². The molecule has 4 heteroatoms. The molecule has 1 N–H and O–H groups in total. The van der Waals surface area contributed by atoms with Gasteiger partial charge in [-0.1, -0.05) is 25.5 Å². The van der Waals surface area contributed by atoms with E-state index in [2.05, 4.69) is 34.3 Å². The van der Waals surface area contributed by atoms with Crippen molar-refractivity contribution >= 4 is 5.82 Å². The van der Waals surface area contributed by atoms with Crippen molar-refractivity contribution in [2.24, 2.45) is 0 Å². The minimum Gasteiger partial charge on any atom is -0.439 e. The van der Waals surface area contributed by atoms with Crippen LogP contribution in [0.3, 0.4) is 0 Å². The molecule has 0 fully saturated rings.